The number of rotatable bonds is 3. The maximum atomic E-state index is 13.7. The van der Waals surface area contributed by atoms with Crippen LogP contribution in [0, 0.1) is 88.3 Å². The van der Waals surface area contributed by atoms with E-state index < -0.39 is 0 Å². The first-order valence-electron chi connectivity index (χ1n) is 14.7. The van der Waals surface area contributed by atoms with Gasteiger partial charge in [0.1, 0.15) is 6.10 Å². The van der Waals surface area contributed by atoms with Gasteiger partial charge in [-0.25, -0.2) is 0 Å². The van der Waals surface area contributed by atoms with Crippen LogP contribution in [-0.4, -0.2) is 12.1 Å². The maximum absolute atomic E-state index is 13.7. The molecule has 0 aromatic carbocycles. The smallest absolute Gasteiger partial charge is 0.309 e. The van der Waals surface area contributed by atoms with Gasteiger partial charge in [-0.1, -0.05) is 48.5 Å². The summed E-state index contributed by atoms with van der Waals surface area (Å²) >= 11 is 0. The molecule has 6 bridgehead atoms. The van der Waals surface area contributed by atoms with Gasteiger partial charge in [0.2, 0.25) is 0 Å². The maximum Gasteiger partial charge on any atom is 0.309 e. The molecule has 14 unspecified atom stereocenters. The highest BCUT2D eigenvalue weighted by Gasteiger charge is 2.69. The van der Waals surface area contributed by atoms with Crippen molar-refractivity contribution in [3.63, 3.8) is 0 Å². The highest BCUT2D eigenvalue weighted by molar-refractivity contribution is 5.74. The number of fused-ring (bicyclic) bond motifs is 11. The Labute approximate surface area is 203 Å². The minimum absolute atomic E-state index is 0.195. The molecule has 6 aliphatic carbocycles. The van der Waals surface area contributed by atoms with Gasteiger partial charge in [0, 0.05) is 0 Å². The third-order valence-corrected chi connectivity index (χ3v) is 12.2. The Morgan fingerprint density at radius 3 is 2.27 bits per heavy atom. The number of esters is 1. The van der Waals surface area contributed by atoms with Crippen LogP contribution in [0.4, 0.5) is 0 Å². The second kappa shape index (κ2) is 7.73. The number of ether oxygens (including phenoxy) is 1. The lowest BCUT2D eigenvalue weighted by Crippen LogP contribution is -2.48. The first-order chi connectivity index (χ1) is 15.5. The Morgan fingerprint density at radius 1 is 0.818 bits per heavy atom. The van der Waals surface area contributed by atoms with E-state index in [2.05, 4.69) is 48.5 Å². The highest BCUT2D eigenvalue weighted by Crippen LogP contribution is 2.74. The van der Waals surface area contributed by atoms with Crippen molar-refractivity contribution >= 4 is 5.97 Å². The van der Waals surface area contributed by atoms with Gasteiger partial charge < -0.3 is 4.74 Å². The molecule has 186 valence electrons. The predicted octanol–water partition coefficient (Wildman–Crippen LogP) is 7.46. The summed E-state index contributed by atoms with van der Waals surface area (Å²) in [7, 11) is 0. The molecule has 14 atom stereocenters. The van der Waals surface area contributed by atoms with Crippen LogP contribution in [0.1, 0.15) is 93.4 Å². The highest BCUT2D eigenvalue weighted by atomic mass is 16.5. The molecule has 2 heteroatoms. The van der Waals surface area contributed by atoms with Gasteiger partial charge in [-0.15, -0.1) is 0 Å². The summed E-state index contributed by atoms with van der Waals surface area (Å²) in [5, 5.41) is 0. The monoisotopic (exact) mass is 454 g/mol. The third kappa shape index (κ3) is 3.41. The second-order valence-electron chi connectivity index (χ2n) is 15.5. The fourth-order valence-corrected chi connectivity index (χ4v) is 11.9. The number of hydrogen-bond acceptors (Lipinski definition) is 2. The first kappa shape index (κ1) is 22.9. The molecule has 0 amide bonds. The molecule has 33 heavy (non-hydrogen) atoms. The van der Waals surface area contributed by atoms with Crippen LogP contribution in [0.15, 0.2) is 0 Å². The molecule has 0 aliphatic heterocycles. The zero-order valence-electron chi connectivity index (χ0n) is 22.4. The van der Waals surface area contributed by atoms with Crippen LogP contribution in [0.25, 0.3) is 0 Å². The largest absolute Gasteiger partial charge is 0.462 e. The van der Waals surface area contributed by atoms with Gasteiger partial charge in [-0.2, -0.15) is 0 Å². The zero-order chi connectivity index (χ0) is 23.4. The summed E-state index contributed by atoms with van der Waals surface area (Å²) in [5.74, 6) is 10.7. The number of carbonyl (C=O) groups excluding carboxylic acids is 1. The molecule has 0 saturated heterocycles. The lowest BCUT2D eigenvalue weighted by molar-refractivity contribution is -0.170. The van der Waals surface area contributed by atoms with Gasteiger partial charge in [0.25, 0.3) is 0 Å². The molecular weight excluding hydrogens is 404 g/mol. The average molecular weight is 455 g/mol. The van der Waals surface area contributed by atoms with E-state index >= 15 is 0 Å². The van der Waals surface area contributed by atoms with E-state index in [0.717, 1.165) is 65.6 Å². The van der Waals surface area contributed by atoms with E-state index in [1.165, 1.54) is 38.5 Å². The molecule has 0 heterocycles. The number of carbonyl (C=O) groups is 1. The summed E-state index contributed by atoms with van der Waals surface area (Å²) in [6.45, 7) is 17.2. The standard InChI is InChI=1S/C31H50O2/c1-15(2)25-23-14-24(28(25)31(5,6)7)26-19-12-21(27(23)26)22(13-19)30(32)33-29-17(4)10-18-8-16(3)9-20(29)11-18/h15-29H,8-14H2,1-7H3. The average Bonchev–Trinajstić information content (AvgIpc) is 3.46. The van der Waals surface area contributed by atoms with E-state index in [1.807, 2.05) is 0 Å². The third-order valence-electron chi connectivity index (χ3n) is 12.2. The second-order valence-corrected chi connectivity index (χ2v) is 15.5. The molecule has 0 radical (unpaired) electrons. The van der Waals surface area contributed by atoms with E-state index in [4.69, 9.17) is 4.74 Å². The lowest BCUT2D eigenvalue weighted by atomic mass is 9.54. The molecule has 0 aromatic heterocycles. The molecule has 6 rings (SSSR count). The topological polar surface area (TPSA) is 26.3 Å². The van der Waals surface area contributed by atoms with E-state index in [1.54, 1.807) is 0 Å². The normalized spacial score (nSPS) is 54.7. The SMILES string of the molecule is CC1CC2CC(C)C(OC(=O)C3CC4CC3C3C5CC(C43)C(C(C)(C)C)C5C(C)C)C(C1)C2. The van der Waals surface area contributed by atoms with Crippen molar-refractivity contribution in [2.24, 2.45) is 88.3 Å². The molecule has 6 aliphatic rings. The van der Waals surface area contributed by atoms with Gasteiger partial charge in [-0.05, 0) is 127 Å². The fourth-order valence-electron chi connectivity index (χ4n) is 11.9. The Hall–Kier alpha value is -0.530. The van der Waals surface area contributed by atoms with Crippen LogP contribution < -0.4 is 0 Å². The molecular formula is C31H50O2. The fraction of sp³-hybridized carbons (Fsp3) is 0.968. The Morgan fingerprint density at radius 2 is 1.58 bits per heavy atom. The van der Waals surface area contributed by atoms with Gasteiger partial charge >= 0.3 is 5.97 Å². The summed E-state index contributed by atoms with van der Waals surface area (Å²) in [4.78, 5) is 13.7. The van der Waals surface area contributed by atoms with Crippen molar-refractivity contribution in [2.75, 3.05) is 0 Å². The Balaban J connectivity index is 1.19. The minimum Gasteiger partial charge on any atom is -0.462 e. The molecule has 0 aromatic rings. The molecule has 2 nitrogen and oxygen atoms in total. The van der Waals surface area contributed by atoms with Crippen LogP contribution in [-0.2, 0) is 9.53 Å². The summed E-state index contributed by atoms with van der Waals surface area (Å²) in [6, 6.07) is 0. The van der Waals surface area contributed by atoms with E-state index in [9.17, 15) is 4.79 Å². The number of hydrogen-bond donors (Lipinski definition) is 0. The van der Waals surface area contributed by atoms with Crippen LogP contribution in [0.5, 0.6) is 0 Å². The minimum atomic E-state index is 0.195. The molecule has 0 spiro atoms. The van der Waals surface area contributed by atoms with Crippen molar-refractivity contribution in [3.8, 4) is 0 Å². The van der Waals surface area contributed by atoms with E-state index in [-0.39, 0.29) is 18.0 Å². The van der Waals surface area contributed by atoms with Crippen LogP contribution in [0.2, 0.25) is 0 Å². The predicted molar refractivity (Wildman–Crippen MR) is 133 cm³/mol. The van der Waals surface area contributed by atoms with Crippen LogP contribution in [0.3, 0.4) is 0 Å². The summed E-state index contributed by atoms with van der Waals surface area (Å²) in [5.41, 5.74) is 0.408. The van der Waals surface area contributed by atoms with Crippen molar-refractivity contribution < 1.29 is 9.53 Å². The Bertz CT molecular complexity index is 774. The summed E-state index contributed by atoms with van der Waals surface area (Å²) < 4.78 is 6.51. The van der Waals surface area contributed by atoms with Crippen molar-refractivity contribution in [1.29, 1.82) is 0 Å². The van der Waals surface area contributed by atoms with Crippen molar-refractivity contribution in [3.05, 3.63) is 0 Å². The molecule has 6 saturated carbocycles. The van der Waals surface area contributed by atoms with Crippen molar-refractivity contribution in [1.82, 2.24) is 0 Å². The zero-order valence-corrected chi connectivity index (χ0v) is 22.4. The van der Waals surface area contributed by atoms with Gasteiger partial charge in [0.05, 0.1) is 5.92 Å². The van der Waals surface area contributed by atoms with Crippen molar-refractivity contribution in [2.45, 2.75) is 99.5 Å². The van der Waals surface area contributed by atoms with Crippen LogP contribution >= 0.6 is 0 Å². The van der Waals surface area contributed by atoms with Gasteiger partial charge in [-0.3, -0.25) is 4.79 Å². The lowest BCUT2D eigenvalue weighted by Gasteiger charge is -2.50. The molecule has 6 fully saturated rings. The van der Waals surface area contributed by atoms with Gasteiger partial charge in [0.15, 0.2) is 0 Å². The summed E-state index contributed by atoms with van der Waals surface area (Å²) in [6.07, 6.45) is 9.36. The quantitative estimate of drug-likeness (QED) is 0.327. The Kier molecular flexibility index (Phi) is 5.37. The molecule has 0 N–H and O–H groups in total. The first-order valence-corrected chi connectivity index (χ1v) is 14.7. The van der Waals surface area contributed by atoms with E-state index in [0.29, 0.717) is 23.2 Å².